The molecule has 1 heterocycles. The Bertz CT molecular complexity index is 467. The Hall–Kier alpha value is -1.42. The van der Waals surface area contributed by atoms with Crippen LogP contribution in [0.3, 0.4) is 0 Å². The normalized spacial score (nSPS) is 21.4. The minimum Gasteiger partial charge on any atom is -0.349 e. The molecule has 0 aromatic heterocycles. The number of carbonyl (C=O) groups is 1. The van der Waals surface area contributed by atoms with Crippen molar-refractivity contribution in [3.8, 4) is 0 Å². The predicted octanol–water partition coefficient (Wildman–Crippen LogP) is 1.65. The van der Waals surface area contributed by atoms with Crippen LogP contribution in [0, 0.1) is 5.82 Å². The van der Waals surface area contributed by atoms with Gasteiger partial charge in [0, 0.05) is 15.7 Å². The van der Waals surface area contributed by atoms with Crippen molar-refractivity contribution in [2.24, 2.45) is 0 Å². The monoisotopic (exact) mass is 239 g/mol. The zero-order valence-corrected chi connectivity index (χ0v) is 9.45. The lowest BCUT2D eigenvalue weighted by Gasteiger charge is -2.29. The molecule has 1 aromatic rings. The smallest absolute Gasteiger partial charge is 0.251 e. The highest BCUT2D eigenvalue weighted by Gasteiger charge is 2.18. The highest BCUT2D eigenvalue weighted by molar-refractivity contribution is 5.94. The van der Waals surface area contributed by atoms with Crippen molar-refractivity contribution >= 4 is 5.91 Å². The first-order valence-corrected chi connectivity index (χ1v) is 5.68. The summed E-state index contributed by atoms with van der Waals surface area (Å²) in [5, 5.41) is 2.85. The minimum atomic E-state index is -2.06. The highest BCUT2D eigenvalue weighted by Crippen LogP contribution is 2.10. The Kier molecular flexibility index (Phi) is 2.68. The fraction of sp³-hybridized carbons (Fsp3) is 0.462. The Balaban J connectivity index is 1.86. The van der Waals surface area contributed by atoms with E-state index >= 15 is 0 Å². The zero-order chi connectivity index (χ0) is 14.8. The summed E-state index contributed by atoms with van der Waals surface area (Å²) in [4.78, 5) is 13.4. The summed E-state index contributed by atoms with van der Waals surface area (Å²) < 4.78 is 34.7. The van der Waals surface area contributed by atoms with Crippen molar-refractivity contribution in [1.82, 2.24) is 10.2 Å². The fourth-order valence-corrected chi connectivity index (χ4v) is 1.89. The van der Waals surface area contributed by atoms with Gasteiger partial charge in [0.05, 0.1) is 0 Å². The van der Waals surface area contributed by atoms with E-state index in [0.717, 1.165) is 0 Å². The molecule has 4 heteroatoms. The second-order valence-corrected chi connectivity index (χ2v) is 4.24. The first-order valence-electron chi connectivity index (χ1n) is 7.18. The highest BCUT2D eigenvalue weighted by atomic mass is 19.1. The third-order valence-corrected chi connectivity index (χ3v) is 2.94. The van der Waals surface area contributed by atoms with E-state index in [-0.39, 0.29) is 17.8 Å². The molecule has 0 spiro atoms. The van der Waals surface area contributed by atoms with Gasteiger partial charge in [-0.15, -0.1) is 0 Å². The maximum Gasteiger partial charge on any atom is 0.251 e. The molecule has 2 rings (SSSR count). The topological polar surface area (TPSA) is 32.3 Å². The lowest BCUT2D eigenvalue weighted by Crippen LogP contribution is -2.43. The summed E-state index contributed by atoms with van der Waals surface area (Å²) in [7, 11) is 0. The third kappa shape index (κ3) is 3.27. The van der Waals surface area contributed by atoms with Gasteiger partial charge in [-0.25, -0.2) is 4.39 Å². The van der Waals surface area contributed by atoms with E-state index in [1.54, 1.807) is 0 Å². The lowest BCUT2D eigenvalue weighted by molar-refractivity contribution is 0.0917. The Morgan fingerprint density at radius 1 is 1.41 bits per heavy atom. The molecule has 1 amide bonds. The fourth-order valence-electron chi connectivity index (χ4n) is 1.89. The average Bonchev–Trinajstić information content (AvgIpc) is 2.39. The van der Waals surface area contributed by atoms with Crippen molar-refractivity contribution in [2.75, 3.05) is 20.1 Å². The molecule has 0 aliphatic carbocycles. The molecule has 92 valence electrons. The van der Waals surface area contributed by atoms with Gasteiger partial charge in [0.2, 0.25) is 0 Å². The van der Waals surface area contributed by atoms with Crippen LogP contribution < -0.4 is 5.32 Å². The number of benzene rings is 1. The Labute approximate surface area is 105 Å². The first-order chi connectivity index (χ1) is 9.36. The van der Waals surface area contributed by atoms with Gasteiger partial charge in [-0.1, -0.05) is 0 Å². The van der Waals surface area contributed by atoms with Gasteiger partial charge >= 0.3 is 0 Å². The van der Waals surface area contributed by atoms with Crippen LogP contribution >= 0.6 is 0 Å². The molecule has 1 aliphatic heterocycles. The van der Waals surface area contributed by atoms with Crippen molar-refractivity contribution < 1.29 is 13.3 Å². The van der Waals surface area contributed by atoms with Gasteiger partial charge in [0.1, 0.15) is 5.82 Å². The van der Waals surface area contributed by atoms with Crippen LogP contribution in [-0.4, -0.2) is 36.9 Å². The SMILES string of the molecule is [2H]C([2H])([2H])N1CCC(NC(=O)c2ccc(F)cc2)CC1. The number of hydrogen-bond donors (Lipinski definition) is 1. The van der Waals surface area contributed by atoms with Crippen LogP contribution in [0.1, 0.15) is 27.3 Å². The predicted molar refractivity (Wildman–Crippen MR) is 64.4 cm³/mol. The quantitative estimate of drug-likeness (QED) is 0.851. The number of halogens is 1. The molecule has 17 heavy (non-hydrogen) atoms. The van der Waals surface area contributed by atoms with E-state index in [0.29, 0.717) is 31.5 Å². The molecular weight excluding hydrogens is 219 g/mol. The number of carbonyl (C=O) groups excluding carboxylic acids is 1. The summed E-state index contributed by atoms with van der Waals surface area (Å²) in [5.41, 5.74) is 0.407. The van der Waals surface area contributed by atoms with Crippen LogP contribution in [0.4, 0.5) is 4.39 Å². The van der Waals surface area contributed by atoms with E-state index in [1.165, 1.54) is 29.2 Å². The molecule has 1 aromatic carbocycles. The van der Waals surface area contributed by atoms with E-state index in [4.69, 9.17) is 4.11 Å². The molecule has 0 unspecified atom stereocenters. The summed E-state index contributed by atoms with van der Waals surface area (Å²) in [6.07, 6.45) is 1.21. The Morgan fingerprint density at radius 3 is 2.65 bits per heavy atom. The van der Waals surface area contributed by atoms with Crippen molar-refractivity contribution in [1.29, 1.82) is 0 Å². The maximum absolute atomic E-state index is 12.8. The second kappa shape index (κ2) is 5.27. The summed E-state index contributed by atoms with van der Waals surface area (Å²) in [5.74, 6) is -0.634. The van der Waals surface area contributed by atoms with Crippen LogP contribution in [0.25, 0.3) is 0 Å². The molecule has 0 atom stereocenters. The number of hydrogen-bond acceptors (Lipinski definition) is 2. The Morgan fingerprint density at radius 2 is 2.06 bits per heavy atom. The second-order valence-electron chi connectivity index (χ2n) is 4.24. The third-order valence-electron chi connectivity index (χ3n) is 2.94. The van der Waals surface area contributed by atoms with Crippen LogP contribution in [-0.2, 0) is 0 Å². The number of amides is 1. The molecular formula is C13H17FN2O. The van der Waals surface area contributed by atoms with E-state index in [9.17, 15) is 9.18 Å². The van der Waals surface area contributed by atoms with Gasteiger partial charge in [-0.05, 0) is 57.2 Å². The number of piperidine rings is 1. The molecule has 0 saturated carbocycles. The summed E-state index contributed by atoms with van der Waals surface area (Å²) >= 11 is 0. The molecule has 1 saturated heterocycles. The van der Waals surface area contributed by atoms with Crippen molar-refractivity contribution in [3.63, 3.8) is 0 Å². The van der Waals surface area contributed by atoms with Crippen LogP contribution in [0.2, 0.25) is 0 Å². The van der Waals surface area contributed by atoms with Gasteiger partial charge in [-0.3, -0.25) is 4.79 Å². The molecule has 3 nitrogen and oxygen atoms in total. The summed E-state index contributed by atoms with van der Waals surface area (Å²) in [6.45, 7) is -1.19. The van der Waals surface area contributed by atoms with Gasteiger partial charge in [0.25, 0.3) is 5.91 Å². The van der Waals surface area contributed by atoms with E-state index < -0.39 is 6.98 Å². The summed E-state index contributed by atoms with van der Waals surface area (Å²) in [6, 6.07) is 5.31. The lowest BCUT2D eigenvalue weighted by atomic mass is 10.0. The van der Waals surface area contributed by atoms with Gasteiger partial charge in [0.15, 0.2) is 0 Å². The van der Waals surface area contributed by atoms with Crippen LogP contribution in [0.15, 0.2) is 24.3 Å². The number of nitrogens with one attached hydrogen (secondary N) is 1. The van der Waals surface area contributed by atoms with Gasteiger partial charge < -0.3 is 10.2 Å². The van der Waals surface area contributed by atoms with Crippen molar-refractivity contribution in [3.05, 3.63) is 35.6 Å². The largest absolute Gasteiger partial charge is 0.349 e. The molecule has 1 N–H and O–H groups in total. The number of nitrogens with zero attached hydrogens (tertiary/aromatic N) is 1. The average molecular weight is 239 g/mol. The van der Waals surface area contributed by atoms with Crippen LogP contribution in [0.5, 0.6) is 0 Å². The van der Waals surface area contributed by atoms with E-state index in [2.05, 4.69) is 5.32 Å². The number of likely N-dealkylation sites (tertiary alicyclic amines) is 1. The van der Waals surface area contributed by atoms with Gasteiger partial charge in [-0.2, -0.15) is 0 Å². The molecule has 1 aliphatic rings. The molecule has 1 fully saturated rings. The number of rotatable bonds is 2. The zero-order valence-electron chi connectivity index (χ0n) is 12.4. The maximum atomic E-state index is 12.8. The van der Waals surface area contributed by atoms with E-state index in [1.807, 2.05) is 0 Å². The minimum absolute atomic E-state index is 0.0360. The standard InChI is InChI=1S/C13H17FN2O/c1-16-8-6-12(7-9-16)15-13(17)10-2-4-11(14)5-3-10/h2-5,12H,6-9H2,1H3,(H,15,17)/i1D3. The van der Waals surface area contributed by atoms with Crippen molar-refractivity contribution in [2.45, 2.75) is 18.9 Å². The first kappa shape index (κ1) is 8.64. The molecule has 0 radical (unpaired) electrons. The molecule has 0 bridgehead atoms.